The van der Waals surface area contributed by atoms with E-state index in [1.54, 1.807) is 29.0 Å². The number of nitrogens with zero attached hydrogens (tertiary/aromatic N) is 2. The first-order chi connectivity index (χ1) is 8.94. The molecule has 0 saturated heterocycles. The van der Waals surface area contributed by atoms with Crippen molar-refractivity contribution in [3.05, 3.63) is 34.4 Å². The average molecular weight is 299 g/mol. The number of rotatable bonds is 4. The van der Waals surface area contributed by atoms with Crippen molar-refractivity contribution < 1.29 is 13.2 Å². The van der Waals surface area contributed by atoms with E-state index in [2.05, 4.69) is 4.98 Å². The summed E-state index contributed by atoms with van der Waals surface area (Å²) in [6, 6.07) is 3.24. The maximum absolute atomic E-state index is 12.0. The van der Waals surface area contributed by atoms with Gasteiger partial charge in [-0.2, -0.15) is 8.42 Å². The molecule has 1 N–H and O–H groups in total. The van der Waals surface area contributed by atoms with Gasteiger partial charge >= 0.3 is 0 Å². The highest BCUT2D eigenvalue weighted by Crippen LogP contribution is 2.12. The van der Waals surface area contributed by atoms with Crippen LogP contribution in [0.4, 0.5) is 0 Å². The van der Waals surface area contributed by atoms with Crippen molar-refractivity contribution >= 4 is 27.3 Å². The monoisotopic (exact) mass is 299 g/mol. The van der Waals surface area contributed by atoms with Gasteiger partial charge in [-0.1, -0.05) is 6.07 Å². The van der Waals surface area contributed by atoms with Gasteiger partial charge in [0.05, 0.1) is 4.88 Å². The lowest BCUT2D eigenvalue weighted by Crippen LogP contribution is -2.30. The predicted octanol–water partition coefficient (Wildman–Crippen LogP) is 1.39. The molecule has 1 amide bonds. The van der Waals surface area contributed by atoms with Crippen molar-refractivity contribution in [3.8, 4) is 0 Å². The van der Waals surface area contributed by atoms with E-state index in [4.69, 9.17) is 0 Å². The molecule has 0 bridgehead atoms. The number of hydrogen-bond acceptors (Lipinski definition) is 5. The molecule has 2 rings (SSSR count). The molecule has 0 spiro atoms. The van der Waals surface area contributed by atoms with Gasteiger partial charge in [0.15, 0.2) is 5.03 Å². The number of nitrogens with one attached hydrogen (secondary N) is 1. The zero-order valence-corrected chi connectivity index (χ0v) is 12.1. The fourth-order valence-corrected chi connectivity index (χ4v) is 3.22. The topological polar surface area (TPSA) is 81.1 Å². The maximum atomic E-state index is 12.0. The molecule has 102 valence electrons. The number of thiophene rings is 1. The molecule has 0 radical (unpaired) electrons. The maximum Gasteiger partial charge on any atom is 0.283 e. The molecule has 19 heavy (non-hydrogen) atoms. The third-order valence-corrected chi connectivity index (χ3v) is 4.61. The normalized spacial score (nSPS) is 11.5. The van der Waals surface area contributed by atoms with E-state index in [9.17, 15) is 13.2 Å². The largest absolute Gasteiger partial charge is 0.334 e. The summed E-state index contributed by atoms with van der Waals surface area (Å²) >= 11 is 1.18. The summed E-state index contributed by atoms with van der Waals surface area (Å²) < 4.78 is 27.7. The highest BCUT2D eigenvalue weighted by atomic mass is 32.2. The summed E-state index contributed by atoms with van der Waals surface area (Å²) in [5, 5.41) is 1.56. The van der Waals surface area contributed by atoms with Crippen molar-refractivity contribution in [1.29, 1.82) is 0 Å². The Labute approximate surface area is 115 Å². The van der Waals surface area contributed by atoms with Crippen LogP contribution < -0.4 is 4.72 Å². The van der Waals surface area contributed by atoms with Crippen LogP contribution >= 0.6 is 11.3 Å². The first kappa shape index (κ1) is 13.8. The van der Waals surface area contributed by atoms with Crippen molar-refractivity contribution in [3.63, 3.8) is 0 Å². The Bertz CT molecular complexity index is 687. The molecular formula is C11H13N3O3S2. The van der Waals surface area contributed by atoms with Crippen molar-refractivity contribution in [1.82, 2.24) is 14.3 Å². The van der Waals surface area contributed by atoms with Crippen LogP contribution in [0.1, 0.15) is 22.4 Å². The molecule has 0 aliphatic rings. The molecule has 2 heterocycles. The Morgan fingerprint density at radius 1 is 1.53 bits per heavy atom. The number of carbonyl (C=O) groups is 1. The van der Waals surface area contributed by atoms with Crippen molar-refractivity contribution in [2.24, 2.45) is 0 Å². The summed E-state index contributed by atoms with van der Waals surface area (Å²) in [5.74, 6) is -0.0508. The van der Waals surface area contributed by atoms with Crippen LogP contribution in [0.5, 0.6) is 0 Å². The van der Waals surface area contributed by atoms with E-state index in [0.29, 0.717) is 17.2 Å². The third kappa shape index (κ3) is 2.85. The van der Waals surface area contributed by atoms with Crippen LogP contribution in [0.15, 0.2) is 28.7 Å². The molecule has 0 aliphatic carbocycles. The second-order valence-corrected chi connectivity index (χ2v) is 6.40. The van der Waals surface area contributed by atoms with Gasteiger partial charge < -0.3 is 4.57 Å². The molecule has 2 aromatic rings. The number of amides is 1. The Hall–Kier alpha value is -1.67. The zero-order valence-electron chi connectivity index (χ0n) is 10.5. The lowest BCUT2D eigenvalue weighted by molar-refractivity contribution is 0.0985. The number of imidazole rings is 1. The first-order valence-electron chi connectivity index (χ1n) is 5.58. The standard InChI is InChI=1S/C11H13N3O3S2/c1-3-14-7-10(12-8(14)2)19(16,17)13-11(15)9-5-4-6-18-9/h4-7H,3H2,1-2H3,(H,13,15). The first-order valence-corrected chi connectivity index (χ1v) is 7.94. The molecule has 0 unspecified atom stereocenters. The molecule has 0 aliphatic heterocycles. The van der Waals surface area contributed by atoms with E-state index in [0.717, 1.165) is 0 Å². The van der Waals surface area contributed by atoms with E-state index in [-0.39, 0.29) is 5.03 Å². The van der Waals surface area contributed by atoms with Crippen LogP contribution in [-0.4, -0.2) is 23.9 Å². The third-order valence-electron chi connectivity index (χ3n) is 2.54. The Morgan fingerprint density at radius 2 is 2.26 bits per heavy atom. The fourth-order valence-electron chi connectivity index (χ4n) is 1.56. The number of sulfonamides is 1. The Balaban J connectivity index is 2.25. The summed E-state index contributed by atoms with van der Waals surface area (Å²) in [4.78, 5) is 16.0. The van der Waals surface area contributed by atoms with Gasteiger partial charge in [0.2, 0.25) is 0 Å². The summed E-state index contributed by atoms with van der Waals surface area (Å²) in [5.41, 5.74) is 0. The minimum atomic E-state index is -3.92. The van der Waals surface area contributed by atoms with E-state index in [1.165, 1.54) is 17.5 Å². The van der Waals surface area contributed by atoms with Gasteiger partial charge in [-0.25, -0.2) is 9.71 Å². The summed E-state index contributed by atoms with van der Waals surface area (Å²) in [6.07, 6.45) is 1.42. The van der Waals surface area contributed by atoms with E-state index in [1.807, 2.05) is 11.6 Å². The van der Waals surface area contributed by atoms with E-state index < -0.39 is 15.9 Å². The van der Waals surface area contributed by atoms with Gasteiger partial charge in [-0.3, -0.25) is 4.79 Å². The number of aryl methyl sites for hydroxylation is 2. The van der Waals surface area contributed by atoms with E-state index >= 15 is 0 Å². The second kappa shape index (κ2) is 5.14. The minimum Gasteiger partial charge on any atom is -0.334 e. The quantitative estimate of drug-likeness (QED) is 0.925. The van der Waals surface area contributed by atoms with Gasteiger partial charge in [-0.15, -0.1) is 11.3 Å². The number of hydrogen-bond donors (Lipinski definition) is 1. The molecule has 0 saturated carbocycles. The predicted molar refractivity (Wildman–Crippen MR) is 71.6 cm³/mol. The van der Waals surface area contributed by atoms with Crippen LogP contribution in [-0.2, 0) is 16.6 Å². The molecule has 0 aromatic carbocycles. The lowest BCUT2D eigenvalue weighted by Gasteiger charge is -2.02. The molecule has 8 heteroatoms. The van der Waals surface area contributed by atoms with Gasteiger partial charge in [-0.05, 0) is 25.3 Å². The van der Waals surface area contributed by atoms with Gasteiger partial charge in [0.25, 0.3) is 15.9 Å². The average Bonchev–Trinajstić information content (AvgIpc) is 2.96. The minimum absolute atomic E-state index is 0.142. The lowest BCUT2D eigenvalue weighted by atomic mass is 10.5. The number of carbonyl (C=O) groups excluding carboxylic acids is 1. The van der Waals surface area contributed by atoms with Crippen LogP contribution in [0.2, 0.25) is 0 Å². The fraction of sp³-hybridized carbons (Fsp3) is 0.273. The molecule has 0 fully saturated rings. The van der Waals surface area contributed by atoms with Crippen LogP contribution in [0.3, 0.4) is 0 Å². The highest BCUT2D eigenvalue weighted by Gasteiger charge is 2.22. The molecule has 6 nitrogen and oxygen atoms in total. The SMILES string of the molecule is CCn1cc(S(=O)(=O)NC(=O)c2cccs2)nc1C. The summed E-state index contributed by atoms with van der Waals surface area (Å²) in [6.45, 7) is 4.21. The zero-order chi connectivity index (χ0) is 14.0. The Morgan fingerprint density at radius 3 is 2.79 bits per heavy atom. The number of aromatic nitrogens is 2. The molecular weight excluding hydrogens is 286 g/mol. The Kier molecular flexibility index (Phi) is 3.72. The molecule has 2 aromatic heterocycles. The summed E-state index contributed by atoms with van der Waals surface area (Å²) in [7, 11) is -3.92. The second-order valence-electron chi connectivity index (χ2n) is 3.82. The van der Waals surface area contributed by atoms with Crippen LogP contribution in [0.25, 0.3) is 0 Å². The van der Waals surface area contributed by atoms with Crippen LogP contribution in [0, 0.1) is 6.92 Å². The van der Waals surface area contributed by atoms with Crippen molar-refractivity contribution in [2.75, 3.05) is 0 Å². The van der Waals surface area contributed by atoms with Crippen molar-refractivity contribution in [2.45, 2.75) is 25.4 Å². The highest BCUT2D eigenvalue weighted by molar-refractivity contribution is 7.90. The smallest absolute Gasteiger partial charge is 0.283 e. The van der Waals surface area contributed by atoms with Gasteiger partial charge in [0.1, 0.15) is 5.82 Å². The van der Waals surface area contributed by atoms with Gasteiger partial charge in [0, 0.05) is 12.7 Å². The molecule has 0 atom stereocenters.